The van der Waals surface area contributed by atoms with Crippen molar-refractivity contribution < 1.29 is 33.4 Å². The number of unbranched alkanes of at least 4 members (excludes halogenated alkanes) is 1. The zero-order valence-corrected chi connectivity index (χ0v) is 31.0. The van der Waals surface area contributed by atoms with E-state index in [1.54, 1.807) is 4.90 Å². The second kappa shape index (κ2) is 25.0. The molecular formula is C32H61N5O7S2. The molecule has 0 spiro atoms. The molecule has 0 aliphatic rings. The largest absolute Gasteiger partial charge is 0.379 e. The number of amides is 5. The average Bonchev–Trinajstić information content (AvgIpc) is 2.97. The van der Waals surface area contributed by atoms with Crippen molar-refractivity contribution in [3.63, 3.8) is 0 Å². The normalized spacial score (nSPS) is 11.7. The Balaban J connectivity index is 4.41. The van der Waals surface area contributed by atoms with Gasteiger partial charge in [0.1, 0.15) is 0 Å². The third kappa shape index (κ3) is 25.1. The lowest BCUT2D eigenvalue weighted by molar-refractivity contribution is -0.134. The molecule has 0 saturated heterocycles. The SMILES string of the molecule is CCCCC(C)(C)NC(=O)CCOCCOCCC(C)(C)NC(=O)CCC(=O)N(CCNC(=O)CS)CCNC(=O)CSC(C)C. The molecule has 0 fully saturated rings. The smallest absolute Gasteiger partial charge is 0.230 e. The van der Waals surface area contributed by atoms with Gasteiger partial charge in [-0.3, -0.25) is 24.0 Å². The summed E-state index contributed by atoms with van der Waals surface area (Å²) in [5.41, 5.74) is -0.758. The molecule has 0 bridgehead atoms. The predicted octanol–water partition coefficient (Wildman–Crippen LogP) is 2.69. The number of nitrogens with one attached hydrogen (secondary N) is 4. The number of thiol groups is 1. The van der Waals surface area contributed by atoms with Gasteiger partial charge >= 0.3 is 0 Å². The van der Waals surface area contributed by atoms with E-state index in [-0.39, 0.29) is 79.8 Å². The van der Waals surface area contributed by atoms with Crippen molar-refractivity contribution in [2.45, 2.75) is 110 Å². The second-order valence-corrected chi connectivity index (χ2v) is 14.7. The Bertz CT molecular complexity index is 919. The fraction of sp³-hybridized carbons (Fsp3) is 0.844. The van der Waals surface area contributed by atoms with Gasteiger partial charge in [-0.05, 0) is 45.8 Å². The quantitative estimate of drug-likeness (QED) is 0.0651. The van der Waals surface area contributed by atoms with Gasteiger partial charge < -0.3 is 35.6 Å². The van der Waals surface area contributed by atoms with Crippen LogP contribution in [0.25, 0.3) is 0 Å². The molecule has 0 aromatic rings. The maximum Gasteiger partial charge on any atom is 0.230 e. The highest BCUT2D eigenvalue weighted by atomic mass is 32.2. The zero-order chi connectivity index (χ0) is 35.0. The van der Waals surface area contributed by atoms with Crippen molar-refractivity contribution >= 4 is 53.9 Å². The van der Waals surface area contributed by atoms with Crippen LogP contribution in [0.3, 0.4) is 0 Å². The molecule has 0 heterocycles. The molecule has 14 heteroatoms. The lowest BCUT2D eigenvalue weighted by Crippen LogP contribution is -2.45. The first-order valence-electron chi connectivity index (χ1n) is 16.4. The first kappa shape index (κ1) is 44.0. The number of ether oxygens (including phenoxy) is 2. The molecule has 12 nitrogen and oxygen atoms in total. The van der Waals surface area contributed by atoms with Gasteiger partial charge in [-0.25, -0.2) is 0 Å². The number of thioether (sulfide) groups is 1. The molecule has 0 saturated carbocycles. The van der Waals surface area contributed by atoms with Gasteiger partial charge in [0.15, 0.2) is 0 Å². The number of hydrogen-bond donors (Lipinski definition) is 5. The van der Waals surface area contributed by atoms with Crippen LogP contribution in [0.2, 0.25) is 0 Å². The molecule has 0 unspecified atom stereocenters. The van der Waals surface area contributed by atoms with Crippen LogP contribution in [0.1, 0.15) is 93.4 Å². The van der Waals surface area contributed by atoms with E-state index in [9.17, 15) is 24.0 Å². The van der Waals surface area contributed by atoms with Gasteiger partial charge in [-0.1, -0.05) is 33.6 Å². The number of carbonyl (C=O) groups is 5. The number of hydrogen-bond acceptors (Lipinski definition) is 9. The first-order valence-corrected chi connectivity index (χ1v) is 18.1. The number of rotatable bonds is 27. The van der Waals surface area contributed by atoms with E-state index in [4.69, 9.17) is 9.47 Å². The second-order valence-electron chi connectivity index (χ2n) is 12.8. The maximum atomic E-state index is 13.0. The summed E-state index contributed by atoms with van der Waals surface area (Å²) in [6.07, 6.45) is 3.98. The lowest BCUT2D eigenvalue weighted by atomic mass is 9.97. The van der Waals surface area contributed by atoms with E-state index in [1.165, 1.54) is 11.8 Å². The minimum absolute atomic E-state index is 0.00166. The van der Waals surface area contributed by atoms with Crippen molar-refractivity contribution in [2.75, 3.05) is 64.1 Å². The fourth-order valence-electron chi connectivity index (χ4n) is 4.19. The summed E-state index contributed by atoms with van der Waals surface area (Å²) in [5, 5.41) is 11.9. The van der Waals surface area contributed by atoms with Crippen LogP contribution in [0.5, 0.6) is 0 Å². The minimum Gasteiger partial charge on any atom is -0.379 e. The van der Waals surface area contributed by atoms with Crippen molar-refractivity contribution in [2.24, 2.45) is 0 Å². The van der Waals surface area contributed by atoms with Crippen molar-refractivity contribution in [3.8, 4) is 0 Å². The summed E-state index contributed by atoms with van der Waals surface area (Å²) in [4.78, 5) is 62.9. The molecule has 0 rings (SSSR count). The summed E-state index contributed by atoms with van der Waals surface area (Å²) >= 11 is 5.47. The van der Waals surface area contributed by atoms with Crippen molar-refractivity contribution in [1.82, 2.24) is 26.2 Å². The van der Waals surface area contributed by atoms with Crippen LogP contribution in [-0.2, 0) is 33.4 Å². The molecule has 5 amide bonds. The van der Waals surface area contributed by atoms with Crippen molar-refractivity contribution in [3.05, 3.63) is 0 Å². The van der Waals surface area contributed by atoms with Crippen LogP contribution >= 0.6 is 24.4 Å². The summed E-state index contributed by atoms with van der Waals surface area (Å²) < 4.78 is 11.2. The van der Waals surface area contributed by atoms with E-state index >= 15 is 0 Å². The summed E-state index contributed by atoms with van der Waals surface area (Å²) in [7, 11) is 0. The minimum atomic E-state index is -0.543. The molecular weight excluding hydrogens is 631 g/mol. The third-order valence-electron chi connectivity index (χ3n) is 6.85. The van der Waals surface area contributed by atoms with Gasteiger partial charge in [0.25, 0.3) is 0 Å². The van der Waals surface area contributed by atoms with Crippen LogP contribution in [-0.4, -0.2) is 115 Å². The Labute approximate surface area is 286 Å². The molecule has 0 aromatic carbocycles. The molecule has 0 aromatic heterocycles. The summed E-state index contributed by atoms with van der Waals surface area (Å²) in [5.74, 6) is -0.461. The van der Waals surface area contributed by atoms with Crippen molar-refractivity contribution in [1.29, 1.82) is 0 Å². The number of nitrogens with zero attached hydrogens (tertiary/aromatic N) is 1. The molecule has 0 aliphatic carbocycles. The molecule has 268 valence electrons. The topological polar surface area (TPSA) is 155 Å². The predicted molar refractivity (Wildman–Crippen MR) is 188 cm³/mol. The van der Waals surface area contributed by atoms with Gasteiger partial charge in [-0.15, -0.1) is 11.8 Å². The molecule has 0 radical (unpaired) electrons. The monoisotopic (exact) mass is 691 g/mol. The van der Waals surface area contributed by atoms with Gasteiger partial charge in [0, 0.05) is 63.1 Å². The van der Waals surface area contributed by atoms with Crippen LogP contribution in [0.15, 0.2) is 0 Å². The lowest BCUT2D eigenvalue weighted by Gasteiger charge is -2.27. The van der Waals surface area contributed by atoms with E-state index in [2.05, 4.69) is 40.8 Å². The highest BCUT2D eigenvalue weighted by molar-refractivity contribution is 8.00. The molecule has 0 aliphatic heterocycles. The Hall–Kier alpha value is -2.03. The third-order valence-corrected chi connectivity index (χ3v) is 8.23. The summed E-state index contributed by atoms with van der Waals surface area (Å²) in [6.45, 7) is 16.6. The molecule has 46 heavy (non-hydrogen) atoms. The van der Waals surface area contributed by atoms with E-state index < -0.39 is 5.54 Å². The molecule has 0 atom stereocenters. The standard InChI is InChI=1S/C32H61N5O7S2/c1-8-9-13-31(4,5)36-27(39)12-19-43-21-22-44-20-14-32(6,7)35-26(38)10-11-30(42)37(17-15-33-28(40)23-45)18-16-34-29(41)24-46-25(2)3/h25,45H,8-24H2,1-7H3,(H,33,40)(H,34,41)(H,35,38)(H,36,39). The Morgan fingerprint density at radius 2 is 1.28 bits per heavy atom. The summed E-state index contributed by atoms with van der Waals surface area (Å²) in [6, 6.07) is 0. The highest BCUT2D eigenvalue weighted by Crippen LogP contribution is 2.13. The zero-order valence-electron chi connectivity index (χ0n) is 29.3. The fourth-order valence-corrected chi connectivity index (χ4v) is 4.89. The van der Waals surface area contributed by atoms with Gasteiger partial charge in [-0.2, -0.15) is 12.6 Å². The average molecular weight is 692 g/mol. The maximum absolute atomic E-state index is 13.0. The Morgan fingerprint density at radius 1 is 0.739 bits per heavy atom. The van der Waals surface area contributed by atoms with Crippen LogP contribution in [0.4, 0.5) is 0 Å². The van der Waals surface area contributed by atoms with E-state index in [0.29, 0.717) is 50.3 Å². The Kier molecular flexibility index (Phi) is 23.9. The van der Waals surface area contributed by atoms with Gasteiger partial charge in [0.2, 0.25) is 29.5 Å². The van der Waals surface area contributed by atoms with Crippen LogP contribution in [0, 0.1) is 0 Å². The first-order chi connectivity index (χ1) is 21.6. The van der Waals surface area contributed by atoms with Crippen LogP contribution < -0.4 is 21.3 Å². The molecule has 4 N–H and O–H groups in total. The highest BCUT2D eigenvalue weighted by Gasteiger charge is 2.22. The Morgan fingerprint density at radius 3 is 1.85 bits per heavy atom. The number of carbonyl (C=O) groups excluding carboxylic acids is 5. The van der Waals surface area contributed by atoms with Gasteiger partial charge in [0.05, 0.1) is 31.3 Å². The van der Waals surface area contributed by atoms with E-state index in [0.717, 1.165) is 19.3 Å². The van der Waals surface area contributed by atoms with E-state index in [1.807, 2.05) is 41.5 Å².